The van der Waals surface area contributed by atoms with Gasteiger partial charge in [0.25, 0.3) is 0 Å². The summed E-state index contributed by atoms with van der Waals surface area (Å²) < 4.78 is 0. The van der Waals surface area contributed by atoms with Gasteiger partial charge in [0.05, 0.1) is 11.5 Å². The Hall–Kier alpha value is -1.49. The van der Waals surface area contributed by atoms with Crippen molar-refractivity contribution in [3.05, 3.63) is 29.3 Å². The Morgan fingerprint density at radius 1 is 1.33 bits per heavy atom. The lowest BCUT2D eigenvalue weighted by atomic mass is 9.94. The van der Waals surface area contributed by atoms with Crippen LogP contribution in [0.2, 0.25) is 0 Å². The van der Waals surface area contributed by atoms with Crippen molar-refractivity contribution < 1.29 is 0 Å². The highest BCUT2D eigenvalue weighted by Gasteiger charge is 2.20. The molecule has 0 unspecified atom stereocenters. The Balaban J connectivity index is 3.02. The summed E-state index contributed by atoms with van der Waals surface area (Å²) in [5, 5.41) is 9.13. The van der Waals surface area contributed by atoms with Gasteiger partial charge in [-0.25, -0.2) is 0 Å². The van der Waals surface area contributed by atoms with E-state index >= 15 is 0 Å². The third-order valence-electron chi connectivity index (χ3n) is 3.25. The van der Waals surface area contributed by atoms with Crippen molar-refractivity contribution in [1.29, 1.82) is 5.26 Å². The molecule has 0 aliphatic heterocycles. The van der Waals surface area contributed by atoms with Gasteiger partial charge in [0.15, 0.2) is 0 Å². The monoisotopic (exact) mass is 244 g/mol. The highest BCUT2D eigenvalue weighted by molar-refractivity contribution is 5.55. The zero-order valence-corrected chi connectivity index (χ0v) is 12.4. The van der Waals surface area contributed by atoms with E-state index in [9.17, 15) is 0 Å². The largest absolute Gasteiger partial charge is 0.373 e. The van der Waals surface area contributed by atoms with E-state index in [2.05, 4.69) is 57.0 Å². The number of hydrogen-bond acceptors (Lipinski definition) is 2. The van der Waals surface area contributed by atoms with Crippen molar-refractivity contribution in [3.8, 4) is 6.07 Å². The SMILES string of the molecule is Cc1ccc(C(C)C)cc1N(C)CC(C)(C)C#N. The van der Waals surface area contributed by atoms with Gasteiger partial charge in [-0.2, -0.15) is 5.26 Å². The van der Waals surface area contributed by atoms with Crippen molar-refractivity contribution in [3.63, 3.8) is 0 Å². The number of aryl methyl sites for hydroxylation is 1. The highest BCUT2D eigenvalue weighted by Crippen LogP contribution is 2.27. The van der Waals surface area contributed by atoms with E-state index in [1.165, 1.54) is 16.8 Å². The van der Waals surface area contributed by atoms with Crippen molar-refractivity contribution in [2.45, 2.75) is 40.5 Å². The number of nitrogens with zero attached hydrogens (tertiary/aromatic N) is 2. The second-order valence-electron chi connectivity index (χ2n) is 6.05. The smallest absolute Gasteiger partial charge is 0.0702 e. The van der Waals surface area contributed by atoms with Crippen molar-refractivity contribution in [2.75, 3.05) is 18.5 Å². The van der Waals surface area contributed by atoms with Gasteiger partial charge in [0.2, 0.25) is 0 Å². The fourth-order valence-corrected chi connectivity index (χ4v) is 2.11. The maximum absolute atomic E-state index is 9.13. The van der Waals surface area contributed by atoms with Crippen LogP contribution in [-0.4, -0.2) is 13.6 Å². The van der Waals surface area contributed by atoms with Crippen molar-refractivity contribution in [1.82, 2.24) is 0 Å². The maximum atomic E-state index is 9.13. The normalized spacial score (nSPS) is 11.4. The molecule has 2 heteroatoms. The second-order valence-corrected chi connectivity index (χ2v) is 6.05. The molecular weight excluding hydrogens is 220 g/mol. The molecule has 0 aliphatic carbocycles. The molecule has 0 atom stereocenters. The Morgan fingerprint density at radius 2 is 1.94 bits per heavy atom. The van der Waals surface area contributed by atoms with E-state index in [0.717, 1.165) is 6.54 Å². The summed E-state index contributed by atoms with van der Waals surface area (Å²) in [7, 11) is 2.06. The Labute approximate surface area is 111 Å². The summed E-state index contributed by atoms with van der Waals surface area (Å²) in [5.41, 5.74) is 3.51. The molecule has 0 saturated heterocycles. The minimum Gasteiger partial charge on any atom is -0.373 e. The van der Waals surface area contributed by atoms with Crippen LogP contribution in [0, 0.1) is 23.7 Å². The van der Waals surface area contributed by atoms with Crippen LogP contribution < -0.4 is 4.90 Å². The predicted octanol–water partition coefficient (Wildman–Crippen LogP) is 4.10. The maximum Gasteiger partial charge on any atom is 0.0702 e. The van der Waals surface area contributed by atoms with Gasteiger partial charge in [-0.15, -0.1) is 0 Å². The molecule has 0 radical (unpaired) electrons. The summed E-state index contributed by atoms with van der Waals surface area (Å²) in [6.07, 6.45) is 0. The molecule has 0 aliphatic rings. The zero-order chi connectivity index (χ0) is 13.9. The van der Waals surface area contributed by atoms with Gasteiger partial charge in [0.1, 0.15) is 0 Å². The van der Waals surface area contributed by atoms with Gasteiger partial charge < -0.3 is 4.90 Å². The molecule has 0 heterocycles. The van der Waals surface area contributed by atoms with E-state index in [0.29, 0.717) is 5.92 Å². The number of rotatable bonds is 4. The van der Waals surface area contributed by atoms with E-state index in [-0.39, 0.29) is 5.41 Å². The molecule has 0 N–H and O–H groups in total. The quantitative estimate of drug-likeness (QED) is 0.797. The van der Waals surface area contributed by atoms with E-state index in [1.54, 1.807) is 0 Å². The van der Waals surface area contributed by atoms with Crippen molar-refractivity contribution in [2.24, 2.45) is 5.41 Å². The van der Waals surface area contributed by atoms with Crippen molar-refractivity contribution >= 4 is 5.69 Å². The highest BCUT2D eigenvalue weighted by atomic mass is 15.1. The lowest BCUT2D eigenvalue weighted by Crippen LogP contribution is -2.30. The minimum atomic E-state index is -0.324. The molecule has 2 nitrogen and oxygen atoms in total. The van der Waals surface area contributed by atoms with Crippen LogP contribution in [0.15, 0.2) is 18.2 Å². The number of hydrogen-bond donors (Lipinski definition) is 0. The topological polar surface area (TPSA) is 27.0 Å². The first-order valence-corrected chi connectivity index (χ1v) is 6.50. The molecule has 0 spiro atoms. The molecule has 18 heavy (non-hydrogen) atoms. The van der Waals surface area contributed by atoms with Crippen LogP contribution in [0.25, 0.3) is 0 Å². The van der Waals surface area contributed by atoms with Gasteiger partial charge in [-0.1, -0.05) is 26.0 Å². The average molecular weight is 244 g/mol. The number of anilines is 1. The molecule has 1 aromatic carbocycles. The molecule has 0 amide bonds. The molecular formula is C16H24N2. The van der Waals surface area contributed by atoms with Crippen LogP contribution >= 0.6 is 0 Å². The average Bonchev–Trinajstić information content (AvgIpc) is 2.28. The molecule has 1 rings (SSSR count). The van der Waals surface area contributed by atoms with E-state index in [1.807, 2.05) is 13.8 Å². The standard InChI is InChI=1S/C16H24N2/c1-12(2)14-8-7-13(3)15(9-14)18(6)11-16(4,5)10-17/h7-9,12H,11H2,1-6H3. The molecule has 0 bridgehead atoms. The zero-order valence-electron chi connectivity index (χ0n) is 12.4. The summed E-state index contributed by atoms with van der Waals surface area (Å²) in [5.74, 6) is 0.529. The summed E-state index contributed by atoms with van der Waals surface area (Å²) >= 11 is 0. The molecule has 1 aromatic rings. The lowest BCUT2D eigenvalue weighted by Gasteiger charge is -2.28. The minimum absolute atomic E-state index is 0.324. The van der Waals surface area contributed by atoms with Gasteiger partial charge in [0, 0.05) is 19.3 Å². The Kier molecular flexibility index (Phi) is 4.40. The van der Waals surface area contributed by atoms with Crippen LogP contribution in [-0.2, 0) is 0 Å². The van der Waals surface area contributed by atoms with Crippen LogP contribution in [0.3, 0.4) is 0 Å². The molecule has 98 valence electrons. The first-order valence-electron chi connectivity index (χ1n) is 6.50. The van der Waals surface area contributed by atoms with E-state index < -0.39 is 0 Å². The van der Waals surface area contributed by atoms with Crippen LogP contribution in [0.1, 0.15) is 44.7 Å². The first-order chi connectivity index (χ1) is 8.26. The fraction of sp³-hybridized carbons (Fsp3) is 0.562. The predicted molar refractivity (Wildman–Crippen MR) is 77.9 cm³/mol. The first kappa shape index (κ1) is 14.6. The Bertz CT molecular complexity index is 453. The number of nitriles is 1. The second kappa shape index (κ2) is 5.44. The van der Waals surface area contributed by atoms with Gasteiger partial charge in [-0.3, -0.25) is 0 Å². The third kappa shape index (κ3) is 3.50. The summed E-state index contributed by atoms with van der Waals surface area (Å²) in [4.78, 5) is 2.18. The van der Waals surface area contributed by atoms with Gasteiger partial charge >= 0.3 is 0 Å². The summed E-state index contributed by atoms with van der Waals surface area (Å²) in [6, 6.07) is 8.96. The molecule has 0 aromatic heterocycles. The lowest BCUT2D eigenvalue weighted by molar-refractivity contribution is 0.497. The van der Waals surface area contributed by atoms with Crippen LogP contribution in [0.5, 0.6) is 0 Å². The molecule has 0 saturated carbocycles. The fourth-order valence-electron chi connectivity index (χ4n) is 2.11. The number of benzene rings is 1. The third-order valence-corrected chi connectivity index (χ3v) is 3.25. The van der Waals surface area contributed by atoms with Crippen LogP contribution in [0.4, 0.5) is 5.69 Å². The Morgan fingerprint density at radius 3 is 2.44 bits per heavy atom. The summed E-state index contributed by atoms with van der Waals surface area (Å²) in [6.45, 7) is 11.2. The van der Waals surface area contributed by atoms with Gasteiger partial charge in [-0.05, 0) is 43.9 Å². The van der Waals surface area contributed by atoms with E-state index in [4.69, 9.17) is 5.26 Å². The molecule has 0 fully saturated rings.